The Labute approximate surface area is 162 Å². The zero-order chi connectivity index (χ0) is 19.0. The minimum Gasteiger partial charge on any atom is -0.506 e. The van der Waals surface area contributed by atoms with Crippen molar-refractivity contribution in [3.8, 4) is 17.1 Å². The number of rotatable bonds is 0. The lowest BCUT2D eigenvalue weighted by atomic mass is 9.95. The topological polar surface area (TPSA) is 70.9 Å². The second kappa shape index (κ2) is 5.47. The molecule has 0 bridgehead atoms. The van der Waals surface area contributed by atoms with Crippen molar-refractivity contribution in [2.45, 2.75) is 19.4 Å². The van der Waals surface area contributed by atoms with Gasteiger partial charge in [0.15, 0.2) is 0 Å². The van der Waals surface area contributed by atoms with Crippen LogP contribution in [-0.2, 0) is 6.42 Å². The van der Waals surface area contributed by atoms with Crippen LogP contribution in [0.3, 0.4) is 0 Å². The van der Waals surface area contributed by atoms with E-state index in [9.17, 15) is 14.3 Å². The quantitative estimate of drug-likeness (QED) is 0.442. The molecule has 27 heavy (non-hydrogen) atoms. The number of nitrogens with zero attached hydrogens (tertiary/aromatic N) is 2. The predicted octanol–water partition coefficient (Wildman–Crippen LogP) is 4.81. The molecule has 5 rings (SSSR count). The van der Waals surface area contributed by atoms with Crippen LogP contribution in [0, 0.1) is 5.82 Å². The van der Waals surface area contributed by atoms with Crippen molar-refractivity contribution in [1.82, 2.24) is 14.5 Å². The zero-order valence-corrected chi connectivity index (χ0v) is 15.5. The first-order valence-electron chi connectivity index (χ1n) is 8.30. The van der Waals surface area contributed by atoms with Gasteiger partial charge in [0.05, 0.1) is 26.9 Å². The Morgan fingerprint density at radius 1 is 1.22 bits per heavy atom. The van der Waals surface area contributed by atoms with Gasteiger partial charge in [0, 0.05) is 28.4 Å². The van der Waals surface area contributed by atoms with Crippen LogP contribution in [-0.4, -0.2) is 19.6 Å². The van der Waals surface area contributed by atoms with Crippen molar-refractivity contribution >= 4 is 45.0 Å². The van der Waals surface area contributed by atoms with Gasteiger partial charge in [-0.2, -0.15) is 4.98 Å². The van der Waals surface area contributed by atoms with Gasteiger partial charge in [-0.25, -0.2) is 9.18 Å². The number of hydrogen-bond donors (Lipinski definition) is 2. The summed E-state index contributed by atoms with van der Waals surface area (Å²) in [5.41, 5.74) is 2.85. The second-order valence-corrected chi connectivity index (χ2v) is 7.59. The summed E-state index contributed by atoms with van der Waals surface area (Å²) in [7, 11) is 0. The van der Waals surface area contributed by atoms with E-state index in [1.54, 1.807) is 16.7 Å². The maximum Gasteiger partial charge on any atom is 0.348 e. The Balaban J connectivity index is 1.98. The summed E-state index contributed by atoms with van der Waals surface area (Å²) in [4.78, 5) is 20.0. The molecule has 2 aromatic carbocycles. The lowest BCUT2D eigenvalue weighted by molar-refractivity contribution is 0.476. The number of phenols is 1. The van der Waals surface area contributed by atoms with E-state index in [2.05, 4.69) is 9.97 Å². The monoisotopic (exact) mass is 403 g/mol. The van der Waals surface area contributed by atoms with Gasteiger partial charge in [0.2, 0.25) is 0 Å². The fourth-order valence-corrected chi connectivity index (χ4v) is 4.25. The highest BCUT2D eigenvalue weighted by atomic mass is 35.5. The van der Waals surface area contributed by atoms with E-state index in [4.69, 9.17) is 23.2 Å². The highest BCUT2D eigenvalue weighted by Gasteiger charge is 2.29. The smallest absolute Gasteiger partial charge is 0.348 e. The Morgan fingerprint density at radius 3 is 2.78 bits per heavy atom. The molecular formula is C19H12Cl2FN3O2. The molecule has 3 heterocycles. The summed E-state index contributed by atoms with van der Waals surface area (Å²) in [6, 6.07) is 5.74. The van der Waals surface area contributed by atoms with Gasteiger partial charge in [0.25, 0.3) is 0 Å². The number of aromatic hydroxyl groups is 1. The molecule has 1 aliphatic rings. The number of aromatic amines is 1. The predicted molar refractivity (Wildman–Crippen MR) is 103 cm³/mol. The highest BCUT2D eigenvalue weighted by molar-refractivity contribution is 6.33. The first kappa shape index (κ1) is 16.6. The van der Waals surface area contributed by atoms with Crippen LogP contribution >= 0.6 is 23.2 Å². The third-order valence-electron chi connectivity index (χ3n) is 5.11. The van der Waals surface area contributed by atoms with Crippen LogP contribution < -0.4 is 5.69 Å². The van der Waals surface area contributed by atoms with Crippen LogP contribution in [0.2, 0.25) is 10.0 Å². The van der Waals surface area contributed by atoms with Crippen LogP contribution in [0.15, 0.2) is 29.1 Å². The highest BCUT2D eigenvalue weighted by Crippen LogP contribution is 2.42. The third kappa shape index (κ3) is 2.23. The summed E-state index contributed by atoms with van der Waals surface area (Å²) < 4.78 is 15.7. The molecule has 0 saturated carbocycles. The van der Waals surface area contributed by atoms with Crippen LogP contribution in [0.5, 0.6) is 5.75 Å². The van der Waals surface area contributed by atoms with Crippen LogP contribution in [0.4, 0.5) is 4.39 Å². The molecule has 0 spiro atoms. The summed E-state index contributed by atoms with van der Waals surface area (Å²) in [6.45, 7) is 1.91. The number of phenolic OH excluding ortho intramolecular Hbond substituents is 1. The van der Waals surface area contributed by atoms with E-state index in [1.165, 1.54) is 12.1 Å². The maximum atomic E-state index is 14.0. The molecule has 2 N–H and O–H groups in total. The molecule has 8 heteroatoms. The Bertz CT molecular complexity index is 1340. The molecule has 0 saturated heterocycles. The van der Waals surface area contributed by atoms with Gasteiger partial charge in [-0.3, -0.25) is 4.57 Å². The van der Waals surface area contributed by atoms with Crippen molar-refractivity contribution in [2.24, 2.45) is 0 Å². The molecule has 0 amide bonds. The first-order valence-corrected chi connectivity index (χ1v) is 9.05. The largest absolute Gasteiger partial charge is 0.506 e. The molecule has 5 nitrogen and oxygen atoms in total. The van der Waals surface area contributed by atoms with Crippen molar-refractivity contribution in [3.63, 3.8) is 0 Å². The summed E-state index contributed by atoms with van der Waals surface area (Å²) in [6.07, 6.45) is 0.544. The Kier molecular flexibility index (Phi) is 3.36. The number of nitrogens with one attached hydrogen (secondary N) is 1. The average molecular weight is 404 g/mol. The fourth-order valence-electron chi connectivity index (χ4n) is 3.92. The van der Waals surface area contributed by atoms with E-state index < -0.39 is 11.5 Å². The summed E-state index contributed by atoms with van der Waals surface area (Å²) >= 11 is 12.0. The number of fused-ring (bicyclic) bond motifs is 7. The summed E-state index contributed by atoms with van der Waals surface area (Å²) in [5, 5.41) is 11.4. The lowest BCUT2D eigenvalue weighted by Crippen LogP contribution is -2.31. The molecule has 2 aromatic heterocycles. The minimum absolute atomic E-state index is 0.0269. The van der Waals surface area contributed by atoms with E-state index in [0.717, 1.165) is 10.9 Å². The SMILES string of the molecule is C[C@H]1Cc2c([nH]c3cc(Cl)c(F)cc23)-c2c3cc(Cl)c(O)cc3nc(=O)n21. The number of benzene rings is 2. The number of H-pyrrole nitrogens is 1. The van der Waals surface area contributed by atoms with Gasteiger partial charge >= 0.3 is 5.69 Å². The molecule has 0 radical (unpaired) electrons. The van der Waals surface area contributed by atoms with Gasteiger partial charge < -0.3 is 10.1 Å². The van der Waals surface area contributed by atoms with E-state index in [0.29, 0.717) is 34.2 Å². The van der Waals surface area contributed by atoms with Crippen molar-refractivity contribution in [3.05, 3.63) is 56.2 Å². The standard InChI is InChI=1S/C19H12Cl2FN3O2/c1-7-2-9-8-4-13(22)11(20)5-14(8)23-17(9)18-10-3-12(21)16(26)6-15(10)24-19(27)25(7)18/h3-7,23,26H,2H2,1H3/t7-/m0/s1. The molecule has 1 atom stereocenters. The zero-order valence-electron chi connectivity index (χ0n) is 14.0. The molecule has 0 aliphatic carbocycles. The maximum absolute atomic E-state index is 14.0. The van der Waals surface area contributed by atoms with Gasteiger partial charge in [-0.1, -0.05) is 23.2 Å². The van der Waals surface area contributed by atoms with E-state index in [1.807, 2.05) is 6.92 Å². The average Bonchev–Trinajstić information content (AvgIpc) is 2.94. The van der Waals surface area contributed by atoms with Crippen molar-refractivity contribution in [2.75, 3.05) is 0 Å². The normalized spacial score (nSPS) is 15.9. The van der Waals surface area contributed by atoms with Crippen LogP contribution in [0.25, 0.3) is 33.2 Å². The molecule has 0 unspecified atom stereocenters. The van der Waals surface area contributed by atoms with Gasteiger partial charge in [0.1, 0.15) is 11.6 Å². The summed E-state index contributed by atoms with van der Waals surface area (Å²) in [5.74, 6) is -0.635. The number of hydrogen-bond acceptors (Lipinski definition) is 3. The lowest BCUT2D eigenvalue weighted by Gasteiger charge is -2.26. The molecule has 0 fully saturated rings. The minimum atomic E-state index is -0.492. The Morgan fingerprint density at radius 2 is 2.00 bits per heavy atom. The van der Waals surface area contributed by atoms with E-state index >= 15 is 0 Å². The van der Waals surface area contributed by atoms with Gasteiger partial charge in [-0.05, 0) is 37.1 Å². The Hall–Kier alpha value is -2.57. The van der Waals surface area contributed by atoms with E-state index in [-0.39, 0.29) is 21.8 Å². The van der Waals surface area contributed by atoms with Crippen molar-refractivity contribution < 1.29 is 9.50 Å². The van der Waals surface area contributed by atoms with Crippen molar-refractivity contribution in [1.29, 1.82) is 0 Å². The fraction of sp³-hybridized carbons (Fsp3) is 0.158. The molecular weight excluding hydrogens is 392 g/mol. The third-order valence-corrected chi connectivity index (χ3v) is 5.70. The number of halogens is 3. The van der Waals surface area contributed by atoms with Crippen LogP contribution in [0.1, 0.15) is 18.5 Å². The molecule has 136 valence electrons. The second-order valence-electron chi connectivity index (χ2n) is 6.78. The van der Waals surface area contributed by atoms with Gasteiger partial charge in [-0.15, -0.1) is 0 Å². The molecule has 4 aromatic rings. The molecule has 1 aliphatic heterocycles. The number of aromatic nitrogens is 3. The first-order chi connectivity index (χ1) is 12.8.